The van der Waals surface area contributed by atoms with Gasteiger partial charge in [0.2, 0.25) is 0 Å². The van der Waals surface area contributed by atoms with E-state index in [1.54, 1.807) is 0 Å². The first-order chi connectivity index (χ1) is 9.51. The van der Waals surface area contributed by atoms with Crippen LogP contribution in [0.5, 0.6) is 0 Å². The van der Waals surface area contributed by atoms with Gasteiger partial charge in [-0.2, -0.15) is 0 Å². The van der Waals surface area contributed by atoms with Gasteiger partial charge in [0.25, 0.3) is 0 Å². The van der Waals surface area contributed by atoms with E-state index < -0.39 is 9.84 Å². The molecule has 4 heteroatoms. The maximum absolute atomic E-state index is 11.3. The molecule has 4 saturated carbocycles. The minimum absolute atomic E-state index is 0.0446. The van der Waals surface area contributed by atoms with Gasteiger partial charge in [-0.3, -0.25) is 0 Å². The maximum atomic E-state index is 11.3. The third kappa shape index (κ3) is 3.31. The fraction of sp³-hybridized carbons (Fsp3) is 1.00. The smallest absolute Gasteiger partial charge is 0.147 e. The Morgan fingerprint density at radius 2 is 1.67 bits per heavy atom. The van der Waals surface area contributed by atoms with Crippen molar-refractivity contribution in [3.8, 4) is 0 Å². The normalized spacial score (nSPS) is 46.8. The van der Waals surface area contributed by atoms with Crippen molar-refractivity contribution in [1.82, 2.24) is 0 Å². The molecule has 0 aliphatic heterocycles. The lowest BCUT2D eigenvalue weighted by Gasteiger charge is -2.66. The van der Waals surface area contributed by atoms with Crippen LogP contribution in [0.3, 0.4) is 0 Å². The van der Waals surface area contributed by atoms with Crippen LogP contribution < -0.4 is 5.73 Å². The van der Waals surface area contributed by atoms with E-state index >= 15 is 0 Å². The molecule has 2 N–H and O–H groups in total. The minimum Gasteiger partial charge on any atom is -0.328 e. The van der Waals surface area contributed by atoms with E-state index in [0.29, 0.717) is 22.7 Å². The van der Waals surface area contributed by atoms with Crippen LogP contribution in [-0.2, 0) is 9.84 Å². The van der Waals surface area contributed by atoms with Gasteiger partial charge in [0, 0.05) is 12.3 Å². The molecule has 0 radical (unpaired) electrons. The second-order valence-electron chi connectivity index (χ2n) is 9.51. The molecule has 0 amide bonds. The monoisotopic (exact) mass is 313 g/mol. The van der Waals surface area contributed by atoms with Crippen molar-refractivity contribution in [3.63, 3.8) is 0 Å². The highest BCUT2D eigenvalue weighted by Crippen LogP contribution is 2.70. The number of hydrogen-bond acceptors (Lipinski definition) is 3. The average molecular weight is 314 g/mol. The summed E-state index contributed by atoms with van der Waals surface area (Å²) < 4.78 is 22.7. The van der Waals surface area contributed by atoms with Crippen LogP contribution in [0, 0.1) is 22.2 Å². The summed E-state index contributed by atoms with van der Waals surface area (Å²) in [5.74, 6) is 1.13. The molecular weight excluding hydrogens is 282 g/mol. The van der Waals surface area contributed by atoms with E-state index in [1.807, 2.05) is 0 Å². The third-order valence-electron chi connectivity index (χ3n) is 6.30. The summed E-state index contributed by atoms with van der Waals surface area (Å²) in [6, 6.07) is 0.0446. The summed E-state index contributed by atoms with van der Waals surface area (Å²) in [6.07, 6.45) is 11.1. The second kappa shape index (κ2) is 4.70. The summed E-state index contributed by atoms with van der Waals surface area (Å²) in [5, 5.41) is 0. The van der Waals surface area contributed by atoms with Crippen LogP contribution in [0.2, 0.25) is 0 Å². The molecule has 0 aromatic carbocycles. The molecule has 3 unspecified atom stereocenters. The van der Waals surface area contributed by atoms with Gasteiger partial charge in [0.15, 0.2) is 0 Å². The molecule has 0 saturated heterocycles. The molecule has 4 aliphatic carbocycles. The third-order valence-corrected chi connectivity index (χ3v) is 7.27. The Labute approximate surface area is 130 Å². The van der Waals surface area contributed by atoms with E-state index in [4.69, 9.17) is 5.73 Å². The van der Waals surface area contributed by atoms with Gasteiger partial charge in [-0.15, -0.1) is 0 Å². The van der Waals surface area contributed by atoms with E-state index in [9.17, 15) is 8.42 Å². The Bertz CT molecular complexity index is 509. The first kappa shape index (κ1) is 15.8. The van der Waals surface area contributed by atoms with Crippen LogP contribution in [0.1, 0.15) is 65.2 Å². The van der Waals surface area contributed by atoms with Gasteiger partial charge in [-0.25, -0.2) is 8.42 Å². The molecule has 3 atom stereocenters. The highest BCUT2D eigenvalue weighted by molar-refractivity contribution is 7.90. The Kier molecular flexibility index (Phi) is 3.54. The molecule has 0 aromatic rings. The Morgan fingerprint density at radius 1 is 1.10 bits per heavy atom. The molecule has 4 aliphatic rings. The highest BCUT2D eigenvalue weighted by Gasteiger charge is 2.59. The average Bonchev–Trinajstić information content (AvgIpc) is 2.19. The first-order valence-electron chi connectivity index (χ1n) is 8.44. The zero-order valence-corrected chi connectivity index (χ0v) is 14.6. The van der Waals surface area contributed by atoms with Crippen LogP contribution in [-0.4, -0.2) is 26.5 Å². The van der Waals surface area contributed by atoms with Crippen molar-refractivity contribution in [1.29, 1.82) is 0 Å². The van der Waals surface area contributed by atoms with Crippen molar-refractivity contribution in [2.45, 2.75) is 71.3 Å². The van der Waals surface area contributed by atoms with Gasteiger partial charge in [-0.05, 0) is 73.5 Å². The molecule has 21 heavy (non-hydrogen) atoms. The van der Waals surface area contributed by atoms with Gasteiger partial charge in [0.05, 0.1) is 5.75 Å². The van der Waals surface area contributed by atoms with Crippen molar-refractivity contribution < 1.29 is 8.42 Å². The number of sulfone groups is 1. The molecule has 4 fully saturated rings. The lowest BCUT2D eigenvalue weighted by Crippen LogP contribution is -2.56. The second-order valence-corrected chi connectivity index (χ2v) is 11.8. The quantitative estimate of drug-likeness (QED) is 0.848. The Balaban J connectivity index is 1.70. The van der Waals surface area contributed by atoms with E-state index in [0.717, 1.165) is 12.3 Å². The maximum Gasteiger partial charge on any atom is 0.147 e. The molecule has 4 rings (SSSR count). The molecular formula is C17H31NO2S. The molecule has 0 spiro atoms. The van der Waals surface area contributed by atoms with E-state index in [2.05, 4.69) is 13.8 Å². The largest absolute Gasteiger partial charge is 0.328 e. The molecule has 4 bridgehead atoms. The first-order valence-corrected chi connectivity index (χ1v) is 10.5. The van der Waals surface area contributed by atoms with E-state index in [1.165, 1.54) is 44.8 Å². The van der Waals surface area contributed by atoms with Crippen molar-refractivity contribution >= 4 is 9.84 Å². The highest BCUT2D eigenvalue weighted by atomic mass is 32.2. The van der Waals surface area contributed by atoms with Crippen LogP contribution >= 0.6 is 0 Å². The van der Waals surface area contributed by atoms with E-state index in [-0.39, 0.29) is 11.8 Å². The molecule has 0 aromatic heterocycles. The zero-order chi connectivity index (χ0) is 15.5. The van der Waals surface area contributed by atoms with Gasteiger partial charge < -0.3 is 5.73 Å². The fourth-order valence-corrected chi connectivity index (χ4v) is 7.67. The summed E-state index contributed by atoms with van der Waals surface area (Å²) in [7, 11) is -2.89. The zero-order valence-electron chi connectivity index (χ0n) is 13.8. The predicted molar refractivity (Wildman–Crippen MR) is 86.8 cm³/mol. The lowest BCUT2D eigenvalue weighted by molar-refractivity contribution is -0.149. The number of hydrogen-bond donors (Lipinski definition) is 1. The predicted octanol–water partition coefficient (Wildman–Crippen LogP) is 3.14. The van der Waals surface area contributed by atoms with Crippen molar-refractivity contribution in [3.05, 3.63) is 0 Å². The van der Waals surface area contributed by atoms with Crippen LogP contribution in [0.25, 0.3) is 0 Å². The lowest BCUT2D eigenvalue weighted by atomic mass is 9.39. The fourth-order valence-electron chi connectivity index (χ4n) is 6.94. The van der Waals surface area contributed by atoms with Gasteiger partial charge in [-0.1, -0.05) is 13.8 Å². The standard InChI is InChI=1S/C17H31NO2S/c1-15-6-13-7-16(2,10-15)12-17(8-13,11-15)9-14(18)4-5-21(3,19)20/h13-14H,4-12,18H2,1-3H3. The molecule has 0 heterocycles. The summed E-state index contributed by atoms with van der Waals surface area (Å²) in [5.41, 5.74) is 7.76. The van der Waals surface area contributed by atoms with Crippen molar-refractivity contribution in [2.75, 3.05) is 12.0 Å². The van der Waals surface area contributed by atoms with Gasteiger partial charge in [0.1, 0.15) is 9.84 Å². The summed E-state index contributed by atoms with van der Waals surface area (Å²) in [6.45, 7) is 4.96. The summed E-state index contributed by atoms with van der Waals surface area (Å²) in [4.78, 5) is 0. The number of rotatable bonds is 5. The van der Waals surface area contributed by atoms with Gasteiger partial charge >= 0.3 is 0 Å². The summed E-state index contributed by atoms with van der Waals surface area (Å²) >= 11 is 0. The van der Waals surface area contributed by atoms with Crippen LogP contribution in [0.15, 0.2) is 0 Å². The van der Waals surface area contributed by atoms with Crippen LogP contribution in [0.4, 0.5) is 0 Å². The molecule has 3 nitrogen and oxygen atoms in total. The minimum atomic E-state index is -2.89. The number of nitrogens with two attached hydrogens (primary N) is 1. The Morgan fingerprint density at radius 3 is 2.14 bits per heavy atom. The van der Waals surface area contributed by atoms with Crippen molar-refractivity contribution in [2.24, 2.45) is 27.9 Å². The Hall–Kier alpha value is -0.0900. The topological polar surface area (TPSA) is 60.2 Å². The SMILES string of the molecule is CC12CC3CC(C)(C1)CC(CC(N)CCS(C)(=O)=O)(C3)C2. The molecule has 122 valence electrons.